The van der Waals surface area contributed by atoms with Crippen molar-refractivity contribution < 1.29 is 9.90 Å². The van der Waals surface area contributed by atoms with Gasteiger partial charge in [-0.3, -0.25) is 4.79 Å². The summed E-state index contributed by atoms with van der Waals surface area (Å²) in [5.74, 6) is -0.177. The maximum absolute atomic E-state index is 10.8. The third kappa shape index (κ3) is 3.01. The number of amides is 1. The van der Waals surface area contributed by atoms with Crippen LogP contribution in [0.15, 0.2) is 24.3 Å². The lowest BCUT2D eigenvalue weighted by molar-refractivity contribution is -0.120. The van der Waals surface area contributed by atoms with Crippen LogP contribution in [-0.2, 0) is 4.79 Å². The Morgan fingerprint density at radius 1 is 1.64 bits per heavy atom. The van der Waals surface area contributed by atoms with E-state index < -0.39 is 0 Å². The molecule has 0 unspecified atom stereocenters. The van der Waals surface area contributed by atoms with Gasteiger partial charge in [-0.1, -0.05) is 23.7 Å². The predicted molar refractivity (Wildman–Crippen MR) is 55.1 cm³/mol. The maximum atomic E-state index is 10.8. The SMILES string of the molecule is CC(=O)N[C@@H](CO)c1cccc(Cl)c1. The van der Waals surface area contributed by atoms with Crippen molar-refractivity contribution in [3.05, 3.63) is 34.9 Å². The molecule has 2 N–H and O–H groups in total. The molecular formula is C10H12ClNO2. The van der Waals surface area contributed by atoms with Crippen molar-refractivity contribution in [2.75, 3.05) is 6.61 Å². The second-order valence-corrected chi connectivity index (χ2v) is 3.43. The Hall–Kier alpha value is -1.06. The van der Waals surface area contributed by atoms with Crippen molar-refractivity contribution in [3.63, 3.8) is 0 Å². The van der Waals surface area contributed by atoms with Gasteiger partial charge < -0.3 is 10.4 Å². The van der Waals surface area contributed by atoms with E-state index in [1.54, 1.807) is 18.2 Å². The molecule has 0 aromatic heterocycles. The lowest BCUT2D eigenvalue weighted by atomic mass is 10.1. The Balaban J connectivity index is 2.83. The van der Waals surface area contributed by atoms with Crippen LogP contribution >= 0.6 is 11.6 Å². The maximum Gasteiger partial charge on any atom is 0.217 e. The van der Waals surface area contributed by atoms with Crippen LogP contribution in [-0.4, -0.2) is 17.6 Å². The summed E-state index contributed by atoms with van der Waals surface area (Å²) in [6, 6.07) is 6.67. The molecule has 0 radical (unpaired) electrons. The molecule has 76 valence electrons. The van der Waals surface area contributed by atoms with Gasteiger partial charge in [-0.2, -0.15) is 0 Å². The Labute approximate surface area is 87.7 Å². The van der Waals surface area contributed by atoms with Gasteiger partial charge in [0.15, 0.2) is 0 Å². The predicted octanol–water partition coefficient (Wildman–Crippen LogP) is 1.51. The zero-order valence-electron chi connectivity index (χ0n) is 7.83. The molecule has 0 bridgehead atoms. The van der Waals surface area contributed by atoms with Gasteiger partial charge >= 0.3 is 0 Å². The van der Waals surface area contributed by atoms with Crippen LogP contribution in [0.2, 0.25) is 5.02 Å². The highest BCUT2D eigenvalue weighted by Gasteiger charge is 2.10. The van der Waals surface area contributed by atoms with Crippen molar-refractivity contribution in [1.82, 2.24) is 5.32 Å². The average molecular weight is 214 g/mol. The standard InChI is InChI=1S/C10H12ClNO2/c1-7(14)12-10(6-13)8-3-2-4-9(11)5-8/h2-5,10,13H,6H2,1H3,(H,12,14)/t10-/m0/s1. The number of nitrogens with one attached hydrogen (secondary N) is 1. The highest BCUT2D eigenvalue weighted by Crippen LogP contribution is 2.17. The molecule has 0 fully saturated rings. The van der Waals surface area contributed by atoms with Gasteiger partial charge in [0.25, 0.3) is 0 Å². The summed E-state index contributed by atoms with van der Waals surface area (Å²) >= 11 is 5.79. The van der Waals surface area contributed by atoms with Gasteiger partial charge in [-0.25, -0.2) is 0 Å². The second-order valence-electron chi connectivity index (χ2n) is 2.99. The highest BCUT2D eigenvalue weighted by molar-refractivity contribution is 6.30. The lowest BCUT2D eigenvalue weighted by Crippen LogP contribution is -2.28. The molecule has 0 saturated heterocycles. The van der Waals surface area contributed by atoms with E-state index in [1.165, 1.54) is 6.92 Å². The average Bonchev–Trinajstić information content (AvgIpc) is 2.14. The zero-order chi connectivity index (χ0) is 10.6. The van der Waals surface area contributed by atoms with Gasteiger partial charge in [-0.05, 0) is 17.7 Å². The van der Waals surface area contributed by atoms with Crippen LogP contribution < -0.4 is 5.32 Å². The van der Waals surface area contributed by atoms with E-state index in [0.29, 0.717) is 5.02 Å². The summed E-state index contributed by atoms with van der Waals surface area (Å²) < 4.78 is 0. The van der Waals surface area contributed by atoms with Crippen LogP contribution in [0.1, 0.15) is 18.5 Å². The minimum Gasteiger partial charge on any atom is -0.394 e. The lowest BCUT2D eigenvalue weighted by Gasteiger charge is -2.15. The van der Waals surface area contributed by atoms with Crippen molar-refractivity contribution in [1.29, 1.82) is 0 Å². The molecule has 0 aliphatic rings. The molecule has 1 aromatic rings. The number of rotatable bonds is 3. The first kappa shape index (κ1) is 11.0. The third-order valence-corrected chi connectivity index (χ3v) is 2.05. The largest absolute Gasteiger partial charge is 0.394 e. The number of halogens is 1. The summed E-state index contributed by atoms with van der Waals surface area (Å²) in [4.78, 5) is 10.8. The molecule has 1 rings (SSSR count). The minimum atomic E-state index is -0.383. The molecular weight excluding hydrogens is 202 g/mol. The summed E-state index contributed by atoms with van der Waals surface area (Å²) in [7, 11) is 0. The van der Waals surface area contributed by atoms with Gasteiger partial charge in [0.1, 0.15) is 0 Å². The molecule has 0 aliphatic carbocycles. The summed E-state index contributed by atoms with van der Waals surface area (Å²) in [5.41, 5.74) is 0.801. The number of benzene rings is 1. The van der Waals surface area contributed by atoms with E-state index in [0.717, 1.165) is 5.56 Å². The quantitative estimate of drug-likeness (QED) is 0.800. The second kappa shape index (κ2) is 4.98. The Kier molecular flexibility index (Phi) is 3.92. The van der Waals surface area contributed by atoms with E-state index in [9.17, 15) is 4.79 Å². The Morgan fingerprint density at radius 3 is 2.86 bits per heavy atom. The van der Waals surface area contributed by atoms with Crippen LogP contribution in [0, 0.1) is 0 Å². The molecule has 0 spiro atoms. The van der Waals surface area contributed by atoms with E-state index >= 15 is 0 Å². The van der Waals surface area contributed by atoms with E-state index in [4.69, 9.17) is 16.7 Å². The molecule has 1 amide bonds. The third-order valence-electron chi connectivity index (χ3n) is 1.81. The number of hydrogen-bond donors (Lipinski definition) is 2. The van der Waals surface area contributed by atoms with Crippen molar-refractivity contribution >= 4 is 17.5 Å². The van der Waals surface area contributed by atoms with E-state index in [1.807, 2.05) is 6.07 Å². The first-order chi connectivity index (χ1) is 6.63. The fourth-order valence-corrected chi connectivity index (χ4v) is 1.40. The minimum absolute atomic E-state index is 0.139. The number of carbonyl (C=O) groups excluding carboxylic acids is 1. The fraction of sp³-hybridized carbons (Fsp3) is 0.300. The molecule has 0 aliphatic heterocycles. The van der Waals surface area contributed by atoms with Crippen LogP contribution in [0.4, 0.5) is 0 Å². The summed E-state index contributed by atoms with van der Waals surface area (Å²) in [5, 5.41) is 12.3. The van der Waals surface area contributed by atoms with Gasteiger partial charge in [0.05, 0.1) is 12.6 Å². The van der Waals surface area contributed by atoms with Gasteiger partial charge in [-0.15, -0.1) is 0 Å². The van der Waals surface area contributed by atoms with E-state index in [-0.39, 0.29) is 18.6 Å². The normalized spacial score (nSPS) is 12.2. The molecule has 3 nitrogen and oxygen atoms in total. The summed E-state index contributed by atoms with van der Waals surface area (Å²) in [6.07, 6.45) is 0. The molecule has 1 atom stereocenters. The first-order valence-corrected chi connectivity index (χ1v) is 4.64. The van der Waals surface area contributed by atoms with Crippen LogP contribution in [0.25, 0.3) is 0 Å². The van der Waals surface area contributed by atoms with Gasteiger partial charge in [0, 0.05) is 11.9 Å². The summed E-state index contributed by atoms with van der Waals surface area (Å²) in [6.45, 7) is 1.27. The smallest absolute Gasteiger partial charge is 0.217 e. The highest BCUT2D eigenvalue weighted by atomic mass is 35.5. The first-order valence-electron chi connectivity index (χ1n) is 4.27. The van der Waals surface area contributed by atoms with Gasteiger partial charge in [0.2, 0.25) is 5.91 Å². The van der Waals surface area contributed by atoms with Crippen molar-refractivity contribution in [3.8, 4) is 0 Å². The Bertz CT molecular complexity index is 328. The molecule has 4 heteroatoms. The molecule has 0 heterocycles. The monoisotopic (exact) mass is 213 g/mol. The van der Waals surface area contributed by atoms with Crippen LogP contribution in [0.5, 0.6) is 0 Å². The molecule has 1 aromatic carbocycles. The molecule has 0 saturated carbocycles. The zero-order valence-corrected chi connectivity index (χ0v) is 8.58. The van der Waals surface area contributed by atoms with Crippen molar-refractivity contribution in [2.24, 2.45) is 0 Å². The fourth-order valence-electron chi connectivity index (χ4n) is 1.20. The Morgan fingerprint density at radius 2 is 2.36 bits per heavy atom. The number of carbonyl (C=O) groups is 1. The van der Waals surface area contributed by atoms with Crippen molar-refractivity contribution in [2.45, 2.75) is 13.0 Å². The molecule has 14 heavy (non-hydrogen) atoms. The number of aliphatic hydroxyl groups is 1. The number of hydrogen-bond acceptors (Lipinski definition) is 2. The van der Waals surface area contributed by atoms with E-state index in [2.05, 4.69) is 5.32 Å². The number of aliphatic hydroxyl groups excluding tert-OH is 1. The topological polar surface area (TPSA) is 49.3 Å². The van der Waals surface area contributed by atoms with Crippen LogP contribution in [0.3, 0.4) is 0 Å².